The van der Waals surface area contributed by atoms with E-state index in [4.69, 9.17) is 10.2 Å². The second-order valence-electron chi connectivity index (χ2n) is 5.55. The molecule has 0 unspecified atom stereocenters. The van der Waals surface area contributed by atoms with Gasteiger partial charge in [0.15, 0.2) is 0 Å². The zero-order valence-electron chi connectivity index (χ0n) is 12.2. The van der Waals surface area contributed by atoms with Crippen molar-refractivity contribution in [1.82, 2.24) is 4.90 Å². The molecule has 0 aromatic heterocycles. The standard InChI is InChI=1S/C17H23NO3/c19-11-3-10-18(16-6-2-7-16)13-15-5-1-4-14(12-15)8-9-17(20)21/h1,4-5,8-9,12,16,19H,2-3,6-7,10-11,13H2,(H,20,21)/b9-8+. The van der Waals surface area contributed by atoms with Gasteiger partial charge in [0.2, 0.25) is 0 Å². The second kappa shape index (κ2) is 7.96. The van der Waals surface area contributed by atoms with Crippen LogP contribution in [0.4, 0.5) is 0 Å². The van der Waals surface area contributed by atoms with E-state index in [0.717, 1.165) is 31.1 Å². The molecule has 0 saturated heterocycles. The van der Waals surface area contributed by atoms with Crippen LogP contribution in [0.3, 0.4) is 0 Å². The molecule has 0 radical (unpaired) electrons. The predicted molar refractivity (Wildman–Crippen MR) is 82.9 cm³/mol. The first-order valence-electron chi connectivity index (χ1n) is 7.54. The molecule has 1 aliphatic carbocycles. The van der Waals surface area contributed by atoms with Gasteiger partial charge in [-0.2, -0.15) is 0 Å². The number of aliphatic hydroxyl groups is 1. The number of benzene rings is 1. The van der Waals surface area contributed by atoms with Crippen LogP contribution in [0, 0.1) is 0 Å². The van der Waals surface area contributed by atoms with E-state index in [1.807, 2.05) is 18.2 Å². The average Bonchev–Trinajstić information content (AvgIpc) is 2.41. The normalized spacial score (nSPS) is 15.5. The number of carboxylic acid groups (broad SMARTS) is 1. The highest BCUT2D eigenvalue weighted by molar-refractivity contribution is 5.85. The third-order valence-corrected chi connectivity index (χ3v) is 3.95. The van der Waals surface area contributed by atoms with Crippen molar-refractivity contribution < 1.29 is 15.0 Å². The molecule has 1 aromatic carbocycles. The second-order valence-corrected chi connectivity index (χ2v) is 5.55. The van der Waals surface area contributed by atoms with Crippen LogP contribution in [0.5, 0.6) is 0 Å². The quantitative estimate of drug-likeness (QED) is 0.722. The third-order valence-electron chi connectivity index (χ3n) is 3.95. The molecule has 1 fully saturated rings. The van der Waals surface area contributed by atoms with Crippen LogP contribution in [-0.4, -0.2) is 40.3 Å². The molecule has 4 nitrogen and oxygen atoms in total. The Morgan fingerprint density at radius 3 is 2.81 bits per heavy atom. The number of hydrogen-bond donors (Lipinski definition) is 2. The van der Waals surface area contributed by atoms with Crippen molar-refractivity contribution in [3.63, 3.8) is 0 Å². The molecule has 0 heterocycles. The molecular formula is C17H23NO3. The van der Waals surface area contributed by atoms with E-state index < -0.39 is 5.97 Å². The van der Waals surface area contributed by atoms with Crippen molar-refractivity contribution in [3.05, 3.63) is 41.5 Å². The molecule has 0 amide bonds. The lowest BCUT2D eigenvalue weighted by atomic mass is 9.91. The van der Waals surface area contributed by atoms with E-state index in [2.05, 4.69) is 11.0 Å². The molecule has 1 aliphatic rings. The molecule has 1 aromatic rings. The van der Waals surface area contributed by atoms with Crippen LogP contribution in [0.2, 0.25) is 0 Å². The smallest absolute Gasteiger partial charge is 0.328 e. The number of aliphatic hydroxyl groups excluding tert-OH is 1. The molecule has 21 heavy (non-hydrogen) atoms. The van der Waals surface area contributed by atoms with Crippen molar-refractivity contribution >= 4 is 12.0 Å². The van der Waals surface area contributed by atoms with Gasteiger partial charge in [-0.25, -0.2) is 4.79 Å². The minimum atomic E-state index is -0.931. The van der Waals surface area contributed by atoms with E-state index >= 15 is 0 Å². The van der Waals surface area contributed by atoms with Gasteiger partial charge in [0.05, 0.1) is 0 Å². The summed E-state index contributed by atoms with van der Waals surface area (Å²) in [6.45, 7) is 2.00. The fourth-order valence-electron chi connectivity index (χ4n) is 2.61. The summed E-state index contributed by atoms with van der Waals surface area (Å²) in [5, 5.41) is 17.7. The van der Waals surface area contributed by atoms with Gasteiger partial charge in [0, 0.05) is 31.8 Å². The Balaban J connectivity index is 2.01. The number of nitrogens with zero attached hydrogens (tertiary/aromatic N) is 1. The Kier molecular flexibility index (Phi) is 5.96. The van der Waals surface area contributed by atoms with Crippen molar-refractivity contribution in [2.75, 3.05) is 13.2 Å². The largest absolute Gasteiger partial charge is 0.478 e. The average molecular weight is 289 g/mol. The first-order chi connectivity index (χ1) is 10.2. The summed E-state index contributed by atoms with van der Waals surface area (Å²) < 4.78 is 0. The molecule has 0 atom stereocenters. The Labute approximate surface area is 125 Å². The Morgan fingerprint density at radius 1 is 1.38 bits per heavy atom. The zero-order valence-corrected chi connectivity index (χ0v) is 12.2. The van der Waals surface area contributed by atoms with Crippen LogP contribution in [0.1, 0.15) is 36.8 Å². The summed E-state index contributed by atoms with van der Waals surface area (Å²) in [6, 6.07) is 8.61. The fourth-order valence-corrected chi connectivity index (χ4v) is 2.61. The van der Waals surface area contributed by atoms with Gasteiger partial charge in [-0.3, -0.25) is 4.90 Å². The van der Waals surface area contributed by atoms with E-state index in [-0.39, 0.29) is 6.61 Å². The van der Waals surface area contributed by atoms with Gasteiger partial charge in [0.1, 0.15) is 0 Å². The van der Waals surface area contributed by atoms with E-state index in [0.29, 0.717) is 6.04 Å². The van der Waals surface area contributed by atoms with Gasteiger partial charge in [-0.05, 0) is 36.5 Å². The summed E-state index contributed by atoms with van der Waals surface area (Å²) in [6.07, 6.45) is 7.35. The molecule has 2 N–H and O–H groups in total. The molecule has 2 rings (SSSR count). The highest BCUT2D eigenvalue weighted by atomic mass is 16.4. The Bertz CT molecular complexity index is 495. The zero-order chi connectivity index (χ0) is 15.1. The molecular weight excluding hydrogens is 266 g/mol. The van der Waals surface area contributed by atoms with Crippen LogP contribution >= 0.6 is 0 Å². The fraction of sp³-hybridized carbons (Fsp3) is 0.471. The minimum Gasteiger partial charge on any atom is -0.478 e. The monoisotopic (exact) mass is 289 g/mol. The minimum absolute atomic E-state index is 0.227. The summed E-state index contributed by atoms with van der Waals surface area (Å²) in [5.41, 5.74) is 2.10. The molecule has 0 spiro atoms. The first-order valence-corrected chi connectivity index (χ1v) is 7.54. The van der Waals surface area contributed by atoms with Crippen molar-refractivity contribution in [2.24, 2.45) is 0 Å². The Morgan fingerprint density at radius 2 is 2.19 bits per heavy atom. The van der Waals surface area contributed by atoms with E-state index in [9.17, 15) is 4.79 Å². The lowest BCUT2D eigenvalue weighted by Crippen LogP contribution is -2.40. The number of hydrogen-bond acceptors (Lipinski definition) is 3. The van der Waals surface area contributed by atoms with Gasteiger partial charge >= 0.3 is 5.97 Å². The number of rotatable bonds is 8. The van der Waals surface area contributed by atoms with Gasteiger partial charge in [0.25, 0.3) is 0 Å². The molecule has 1 saturated carbocycles. The maximum atomic E-state index is 10.6. The van der Waals surface area contributed by atoms with Gasteiger partial charge in [-0.15, -0.1) is 0 Å². The highest BCUT2D eigenvalue weighted by Crippen LogP contribution is 2.26. The van der Waals surface area contributed by atoms with Crippen LogP contribution < -0.4 is 0 Å². The number of carbonyl (C=O) groups is 1. The summed E-state index contributed by atoms with van der Waals surface area (Å²) in [5.74, 6) is -0.931. The van der Waals surface area contributed by atoms with Crippen LogP contribution in [0.25, 0.3) is 6.08 Å². The number of aliphatic carboxylic acids is 1. The van der Waals surface area contributed by atoms with E-state index in [1.54, 1.807) is 6.08 Å². The van der Waals surface area contributed by atoms with Crippen LogP contribution in [0.15, 0.2) is 30.3 Å². The maximum Gasteiger partial charge on any atom is 0.328 e. The summed E-state index contributed by atoms with van der Waals surface area (Å²) >= 11 is 0. The molecule has 114 valence electrons. The predicted octanol–water partition coefficient (Wildman–Crippen LogP) is 2.52. The van der Waals surface area contributed by atoms with Crippen molar-refractivity contribution in [3.8, 4) is 0 Å². The highest BCUT2D eigenvalue weighted by Gasteiger charge is 2.24. The number of carboxylic acids is 1. The molecule has 4 heteroatoms. The van der Waals surface area contributed by atoms with Gasteiger partial charge < -0.3 is 10.2 Å². The van der Waals surface area contributed by atoms with E-state index in [1.165, 1.54) is 24.8 Å². The SMILES string of the molecule is O=C(O)/C=C/c1cccc(CN(CCCO)C2CCC2)c1. The first kappa shape index (κ1) is 15.7. The molecule has 0 bridgehead atoms. The van der Waals surface area contributed by atoms with Gasteiger partial charge in [-0.1, -0.05) is 30.7 Å². The lowest BCUT2D eigenvalue weighted by Gasteiger charge is -2.37. The topological polar surface area (TPSA) is 60.8 Å². The molecule has 0 aliphatic heterocycles. The van der Waals surface area contributed by atoms with Crippen molar-refractivity contribution in [1.29, 1.82) is 0 Å². The Hall–Kier alpha value is -1.65. The van der Waals surface area contributed by atoms with Crippen LogP contribution in [-0.2, 0) is 11.3 Å². The third kappa shape index (κ3) is 4.99. The summed E-state index contributed by atoms with van der Waals surface area (Å²) in [4.78, 5) is 13.0. The van der Waals surface area contributed by atoms with Crippen molar-refractivity contribution in [2.45, 2.75) is 38.3 Å². The lowest BCUT2D eigenvalue weighted by molar-refractivity contribution is -0.131. The maximum absolute atomic E-state index is 10.6. The summed E-state index contributed by atoms with van der Waals surface area (Å²) in [7, 11) is 0.